The molecule has 0 fully saturated rings. The van der Waals surface area contributed by atoms with Gasteiger partial charge >= 0.3 is 5.97 Å². The number of carbonyl (C=O) groups is 1. The van der Waals surface area contributed by atoms with E-state index in [4.69, 9.17) is 14.5 Å². The van der Waals surface area contributed by atoms with Crippen molar-refractivity contribution < 1.29 is 14.3 Å². The highest BCUT2D eigenvalue weighted by atomic mass is 16.5. The van der Waals surface area contributed by atoms with Crippen LogP contribution in [-0.2, 0) is 16.1 Å². The summed E-state index contributed by atoms with van der Waals surface area (Å²) in [4.78, 5) is 17.7. The number of hydrogen-bond acceptors (Lipinski definition) is 5. The number of ether oxygens (including phenoxy) is 2. The second-order valence-electron chi connectivity index (χ2n) is 7.92. The third-order valence-corrected chi connectivity index (χ3v) is 5.77. The lowest BCUT2D eigenvalue weighted by molar-refractivity contribution is -0.139. The maximum Gasteiger partial charge on any atom is 0.338 e. The Morgan fingerprint density at radius 1 is 1.00 bits per heavy atom. The van der Waals surface area contributed by atoms with Crippen LogP contribution in [0.2, 0.25) is 0 Å². The van der Waals surface area contributed by atoms with Crippen molar-refractivity contribution in [1.82, 2.24) is 9.55 Å². The molecule has 6 nitrogen and oxygen atoms in total. The molecule has 1 N–H and O–H groups in total. The van der Waals surface area contributed by atoms with E-state index in [9.17, 15) is 4.79 Å². The fraction of sp³-hybridized carbons (Fsp3) is 0.185. The third kappa shape index (κ3) is 3.96. The number of para-hydroxylation sites is 2. The molecule has 0 amide bonds. The second kappa shape index (κ2) is 8.82. The van der Waals surface area contributed by atoms with E-state index in [1.807, 2.05) is 92.7 Å². The van der Waals surface area contributed by atoms with Gasteiger partial charge in [-0.1, -0.05) is 54.6 Å². The Labute approximate surface area is 192 Å². The molecule has 166 valence electrons. The number of nitrogens with zero attached hydrogens (tertiary/aromatic N) is 2. The van der Waals surface area contributed by atoms with E-state index in [0.717, 1.165) is 33.6 Å². The monoisotopic (exact) mass is 439 g/mol. The zero-order chi connectivity index (χ0) is 22.8. The predicted octanol–water partition coefficient (Wildman–Crippen LogP) is 5.47. The predicted molar refractivity (Wildman–Crippen MR) is 128 cm³/mol. The summed E-state index contributed by atoms with van der Waals surface area (Å²) in [6.45, 7) is 4.51. The van der Waals surface area contributed by atoms with Gasteiger partial charge in [-0.15, -0.1) is 0 Å². The average molecular weight is 440 g/mol. The molecular weight excluding hydrogens is 414 g/mol. The van der Waals surface area contributed by atoms with Gasteiger partial charge in [0.2, 0.25) is 5.95 Å². The molecule has 0 saturated heterocycles. The number of allylic oxidation sites excluding steroid dienone is 1. The van der Waals surface area contributed by atoms with Crippen molar-refractivity contribution >= 4 is 23.0 Å². The van der Waals surface area contributed by atoms with Crippen LogP contribution in [0.15, 0.2) is 90.1 Å². The Morgan fingerprint density at radius 2 is 1.73 bits per heavy atom. The first-order valence-corrected chi connectivity index (χ1v) is 11.0. The van der Waals surface area contributed by atoms with Crippen LogP contribution in [0.25, 0.3) is 11.0 Å². The molecule has 3 aromatic carbocycles. The first kappa shape index (κ1) is 20.8. The summed E-state index contributed by atoms with van der Waals surface area (Å²) in [5.41, 5.74) is 5.19. The van der Waals surface area contributed by atoms with E-state index < -0.39 is 0 Å². The minimum Gasteiger partial charge on any atom is -0.489 e. The van der Waals surface area contributed by atoms with Gasteiger partial charge in [-0.05, 0) is 49.2 Å². The summed E-state index contributed by atoms with van der Waals surface area (Å²) in [5.74, 6) is 1.14. The van der Waals surface area contributed by atoms with Gasteiger partial charge in [-0.25, -0.2) is 9.78 Å². The zero-order valence-electron chi connectivity index (χ0n) is 18.6. The molecule has 33 heavy (non-hydrogen) atoms. The summed E-state index contributed by atoms with van der Waals surface area (Å²) < 4.78 is 13.4. The van der Waals surface area contributed by atoms with E-state index in [-0.39, 0.29) is 12.0 Å². The molecule has 0 unspecified atom stereocenters. The maximum absolute atomic E-state index is 13.0. The van der Waals surface area contributed by atoms with Gasteiger partial charge in [-0.3, -0.25) is 4.57 Å². The Hall–Kier alpha value is -4.06. The van der Waals surface area contributed by atoms with E-state index >= 15 is 0 Å². The van der Waals surface area contributed by atoms with Crippen LogP contribution in [0, 0.1) is 0 Å². The van der Waals surface area contributed by atoms with Gasteiger partial charge in [0.1, 0.15) is 12.4 Å². The van der Waals surface area contributed by atoms with Gasteiger partial charge < -0.3 is 14.8 Å². The maximum atomic E-state index is 13.0. The smallest absolute Gasteiger partial charge is 0.338 e. The molecule has 1 aliphatic heterocycles. The van der Waals surface area contributed by atoms with Crippen molar-refractivity contribution in [2.75, 3.05) is 11.9 Å². The molecule has 1 atom stereocenters. The lowest BCUT2D eigenvalue weighted by Gasteiger charge is -2.30. The van der Waals surface area contributed by atoms with Crippen molar-refractivity contribution in [3.63, 3.8) is 0 Å². The number of carbonyl (C=O) groups excluding carboxylic acids is 1. The highest BCUT2D eigenvalue weighted by molar-refractivity contribution is 5.94. The van der Waals surface area contributed by atoms with Crippen molar-refractivity contribution in [2.45, 2.75) is 26.5 Å². The number of esters is 1. The fourth-order valence-corrected chi connectivity index (χ4v) is 4.24. The molecule has 5 rings (SSSR count). The molecule has 1 aromatic heterocycles. The molecule has 0 radical (unpaired) electrons. The van der Waals surface area contributed by atoms with E-state index in [0.29, 0.717) is 24.7 Å². The summed E-state index contributed by atoms with van der Waals surface area (Å²) in [6, 6.07) is 25.5. The van der Waals surface area contributed by atoms with Gasteiger partial charge in [0.25, 0.3) is 0 Å². The molecule has 6 heteroatoms. The fourth-order valence-electron chi connectivity index (χ4n) is 4.24. The molecule has 0 saturated carbocycles. The summed E-state index contributed by atoms with van der Waals surface area (Å²) in [7, 11) is 0. The molecule has 0 bridgehead atoms. The number of aromatic nitrogens is 2. The minimum absolute atomic E-state index is 0.312. The van der Waals surface area contributed by atoms with Gasteiger partial charge in [0.15, 0.2) is 0 Å². The lowest BCUT2D eigenvalue weighted by atomic mass is 9.95. The molecule has 4 aromatic rings. The highest BCUT2D eigenvalue weighted by Crippen LogP contribution is 2.39. The molecular formula is C27H25N3O3. The lowest BCUT2D eigenvalue weighted by Crippen LogP contribution is -2.29. The Bertz CT molecular complexity index is 1320. The Morgan fingerprint density at radius 3 is 2.48 bits per heavy atom. The Kier molecular flexibility index (Phi) is 5.57. The number of imidazole rings is 1. The number of fused-ring (bicyclic) bond motifs is 3. The van der Waals surface area contributed by atoms with Gasteiger partial charge in [-0.2, -0.15) is 0 Å². The second-order valence-corrected chi connectivity index (χ2v) is 7.92. The van der Waals surface area contributed by atoms with Crippen LogP contribution < -0.4 is 10.1 Å². The van der Waals surface area contributed by atoms with Crippen molar-refractivity contribution in [2.24, 2.45) is 0 Å². The largest absolute Gasteiger partial charge is 0.489 e. The van der Waals surface area contributed by atoms with Crippen LogP contribution >= 0.6 is 0 Å². The Balaban J connectivity index is 1.53. The number of rotatable bonds is 6. The van der Waals surface area contributed by atoms with E-state index in [1.165, 1.54) is 0 Å². The van der Waals surface area contributed by atoms with Crippen LogP contribution in [0.3, 0.4) is 0 Å². The number of benzene rings is 3. The van der Waals surface area contributed by atoms with Crippen LogP contribution in [-0.4, -0.2) is 22.1 Å². The highest BCUT2D eigenvalue weighted by Gasteiger charge is 2.34. The minimum atomic E-state index is -0.365. The van der Waals surface area contributed by atoms with Crippen molar-refractivity contribution in [3.05, 3.63) is 101 Å². The van der Waals surface area contributed by atoms with Crippen LogP contribution in [0.1, 0.15) is 31.0 Å². The zero-order valence-corrected chi connectivity index (χ0v) is 18.6. The summed E-state index contributed by atoms with van der Waals surface area (Å²) in [5, 5.41) is 3.29. The first-order valence-electron chi connectivity index (χ1n) is 11.0. The van der Waals surface area contributed by atoms with Crippen LogP contribution in [0.4, 0.5) is 5.95 Å². The van der Waals surface area contributed by atoms with E-state index in [1.54, 1.807) is 0 Å². The molecule has 2 heterocycles. The summed E-state index contributed by atoms with van der Waals surface area (Å²) >= 11 is 0. The molecule has 0 aliphatic carbocycles. The number of hydrogen-bond donors (Lipinski definition) is 1. The molecule has 1 aliphatic rings. The van der Waals surface area contributed by atoms with Gasteiger partial charge in [0.05, 0.1) is 29.3 Å². The van der Waals surface area contributed by atoms with Crippen LogP contribution in [0.5, 0.6) is 5.75 Å². The van der Waals surface area contributed by atoms with Crippen molar-refractivity contribution in [3.8, 4) is 5.75 Å². The van der Waals surface area contributed by atoms with Crippen molar-refractivity contribution in [1.29, 1.82) is 0 Å². The summed E-state index contributed by atoms with van der Waals surface area (Å²) in [6.07, 6.45) is 0. The number of anilines is 1. The van der Waals surface area contributed by atoms with E-state index in [2.05, 4.69) is 9.88 Å². The van der Waals surface area contributed by atoms with Gasteiger partial charge in [0, 0.05) is 5.70 Å². The third-order valence-electron chi connectivity index (χ3n) is 5.77. The normalized spacial score (nSPS) is 15.2. The quantitative estimate of drug-likeness (QED) is 0.404. The average Bonchev–Trinajstić information content (AvgIpc) is 3.21. The number of nitrogens with one attached hydrogen (secondary N) is 1. The molecule has 0 spiro atoms. The standard InChI is InChI=1S/C27H25N3O3/c1-3-32-26(31)24-18(2)28-27-29-22-11-7-8-12-23(22)30(27)25(24)20-13-15-21(16-14-20)33-17-19-9-5-4-6-10-19/h4-16,25H,3,17H2,1-2H3,(H,28,29)/t25-/m1/s1. The topological polar surface area (TPSA) is 65.4 Å². The first-order chi connectivity index (χ1) is 16.2. The SMILES string of the molecule is CCOC(=O)C1=C(C)Nc2nc3ccccc3n2[C@@H]1c1ccc(OCc2ccccc2)cc1.